The number of benzene rings is 1. The second kappa shape index (κ2) is 7.72. The summed E-state index contributed by atoms with van der Waals surface area (Å²) in [6, 6.07) is 9.43. The summed E-state index contributed by atoms with van der Waals surface area (Å²) in [6.07, 6.45) is 8.46. The molecule has 144 valence electrons. The molecule has 28 heavy (non-hydrogen) atoms. The van der Waals surface area contributed by atoms with Crippen molar-refractivity contribution in [3.8, 4) is 5.75 Å². The number of carboxylic acid groups (broad SMARTS) is 1. The van der Waals surface area contributed by atoms with Gasteiger partial charge in [-0.15, -0.1) is 0 Å². The first kappa shape index (κ1) is 18.0. The lowest BCUT2D eigenvalue weighted by molar-refractivity contribution is -0.138. The molecule has 1 aromatic carbocycles. The van der Waals surface area contributed by atoms with Crippen molar-refractivity contribution in [3.63, 3.8) is 0 Å². The summed E-state index contributed by atoms with van der Waals surface area (Å²) < 4.78 is 7.09. The van der Waals surface area contributed by atoms with Gasteiger partial charge in [-0.2, -0.15) is 5.10 Å². The lowest BCUT2D eigenvalue weighted by atomic mass is 9.94. The SMILES string of the molecule is O=C(O)Cn1nccc1[C@@H]1CCCN(C(=O)C2=Cc3ccccc3OC=C2)C1. The molecule has 1 aromatic heterocycles. The van der Waals surface area contributed by atoms with Crippen LogP contribution in [0.25, 0.3) is 6.08 Å². The maximum absolute atomic E-state index is 13.1. The summed E-state index contributed by atoms with van der Waals surface area (Å²) in [5.41, 5.74) is 2.30. The third-order valence-corrected chi connectivity index (χ3v) is 5.08. The van der Waals surface area contributed by atoms with Crippen LogP contribution in [0.5, 0.6) is 5.75 Å². The fraction of sp³-hybridized carbons (Fsp3) is 0.286. The summed E-state index contributed by atoms with van der Waals surface area (Å²) in [5, 5.41) is 13.2. The van der Waals surface area contributed by atoms with E-state index in [0.717, 1.165) is 29.8 Å². The van der Waals surface area contributed by atoms with E-state index in [1.165, 1.54) is 4.68 Å². The number of hydrogen-bond donors (Lipinski definition) is 1. The van der Waals surface area contributed by atoms with E-state index in [4.69, 9.17) is 9.84 Å². The van der Waals surface area contributed by atoms with Gasteiger partial charge < -0.3 is 14.7 Å². The first-order valence-corrected chi connectivity index (χ1v) is 9.28. The van der Waals surface area contributed by atoms with Crippen molar-refractivity contribution in [2.24, 2.45) is 0 Å². The average molecular weight is 379 g/mol. The molecule has 1 amide bonds. The second-order valence-corrected chi connectivity index (χ2v) is 6.96. The second-order valence-electron chi connectivity index (χ2n) is 6.96. The zero-order valence-electron chi connectivity index (χ0n) is 15.3. The van der Waals surface area contributed by atoms with E-state index in [2.05, 4.69) is 5.10 Å². The third kappa shape index (κ3) is 3.69. The molecule has 0 saturated carbocycles. The van der Waals surface area contributed by atoms with Crippen molar-refractivity contribution in [2.45, 2.75) is 25.3 Å². The Morgan fingerprint density at radius 1 is 1.25 bits per heavy atom. The molecule has 2 aromatic rings. The Kier molecular flexibility index (Phi) is 4.97. The number of ether oxygens (including phenoxy) is 1. The summed E-state index contributed by atoms with van der Waals surface area (Å²) in [6.45, 7) is 1.04. The number of aliphatic carboxylic acids is 1. The van der Waals surface area contributed by atoms with E-state index in [1.54, 1.807) is 18.5 Å². The van der Waals surface area contributed by atoms with Crippen LogP contribution in [0.3, 0.4) is 0 Å². The number of hydrogen-bond acceptors (Lipinski definition) is 4. The highest BCUT2D eigenvalue weighted by Gasteiger charge is 2.28. The van der Waals surface area contributed by atoms with Crippen molar-refractivity contribution < 1.29 is 19.4 Å². The van der Waals surface area contributed by atoms with Gasteiger partial charge in [0, 0.05) is 42.0 Å². The molecule has 7 heteroatoms. The summed E-state index contributed by atoms with van der Waals surface area (Å²) in [7, 11) is 0. The smallest absolute Gasteiger partial charge is 0.325 e. The molecule has 0 unspecified atom stereocenters. The number of piperidine rings is 1. The normalized spacial score (nSPS) is 18.6. The largest absolute Gasteiger partial charge is 0.480 e. The van der Waals surface area contributed by atoms with E-state index in [0.29, 0.717) is 18.7 Å². The molecule has 1 fully saturated rings. The van der Waals surface area contributed by atoms with Gasteiger partial charge in [0.25, 0.3) is 5.91 Å². The molecule has 7 nitrogen and oxygen atoms in total. The lowest BCUT2D eigenvalue weighted by Gasteiger charge is -2.33. The van der Waals surface area contributed by atoms with Crippen LogP contribution >= 0.6 is 0 Å². The highest BCUT2D eigenvalue weighted by atomic mass is 16.5. The first-order chi connectivity index (χ1) is 13.6. The fourth-order valence-corrected chi connectivity index (χ4v) is 3.77. The number of nitrogens with zero attached hydrogens (tertiary/aromatic N) is 3. The predicted molar refractivity (Wildman–Crippen MR) is 103 cm³/mol. The van der Waals surface area contributed by atoms with Gasteiger partial charge in [-0.3, -0.25) is 14.3 Å². The average Bonchev–Trinajstić information content (AvgIpc) is 3.04. The van der Waals surface area contributed by atoms with Crippen molar-refractivity contribution in [2.75, 3.05) is 13.1 Å². The predicted octanol–water partition coefficient (Wildman–Crippen LogP) is 2.66. The zero-order valence-corrected chi connectivity index (χ0v) is 15.3. The molecule has 0 radical (unpaired) electrons. The fourth-order valence-electron chi connectivity index (χ4n) is 3.77. The Hall–Kier alpha value is -3.35. The molecule has 1 saturated heterocycles. The molecular formula is C21H21N3O4. The Bertz CT molecular complexity index is 960. The van der Waals surface area contributed by atoms with Crippen molar-refractivity contribution >= 4 is 18.0 Å². The number of carbonyl (C=O) groups is 2. The summed E-state index contributed by atoms with van der Waals surface area (Å²) >= 11 is 0. The minimum Gasteiger partial charge on any atom is -0.480 e. The molecule has 1 atom stereocenters. The third-order valence-electron chi connectivity index (χ3n) is 5.08. The number of rotatable bonds is 4. The van der Waals surface area contributed by atoms with Gasteiger partial charge in [-0.1, -0.05) is 18.2 Å². The minimum absolute atomic E-state index is 0.0504. The van der Waals surface area contributed by atoms with Gasteiger partial charge in [0.2, 0.25) is 0 Å². The van der Waals surface area contributed by atoms with Gasteiger partial charge in [0.1, 0.15) is 12.3 Å². The molecular weight excluding hydrogens is 358 g/mol. The first-order valence-electron chi connectivity index (χ1n) is 9.28. The maximum atomic E-state index is 13.1. The molecule has 1 N–H and O–H groups in total. The molecule has 0 bridgehead atoms. The number of likely N-dealkylation sites (tertiary alicyclic amines) is 1. The van der Waals surface area contributed by atoms with Crippen LogP contribution < -0.4 is 4.74 Å². The van der Waals surface area contributed by atoms with Crippen LogP contribution in [0.1, 0.15) is 30.0 Å². The number of aromatic nitrogens is 2. The molecule has 4 rings (SSSR count). The molecule has 2 aliphatic rings. The number of carboxylic acids is 1. The van der Waals surface area contributed by atoms with Crippen molar-refractivity contribution in [1.29, 1.82) is 0 Å². The molecule has 2 aliphatic heterocycles. The Morgan fingerprint density at radius 2 is 2.11 bits per heavy atom. The Labute approximate surface area is 162 Å². The van der Waals surface area contributed by atoms with Crippen LogP contribution in [0.15, 0.2) is 54.4 Å². The highest BCUT2D eigenvalue weighted by molar-refractivity contribution is 6.01. The van der Waals surface area contributed by atoms with Crippen molar-refractivity contribution in [1.82, 2.24) is 14.7 Å². The summed E-state index contributed by atoms with van der Waals surface area (Å²) in [4.78, 5) is 26.0. The van der Waals surface area contributed by atoms with Crippen LogP contribution in [-0.4, -0.2) is 44.8 Å². The topological polar surface area (TPSA) is 84.7 Å². The van der Waals surface area contributed by atoms with E-state index in [-0.39, 0.29) is 18.4 Å². The summed E-state index contributed by atoms with van der Waals surface area (Å²) in [5.74, 6) is -0.194. The van der Waals surface area contributed by atoms with Crippen molar-refractivity contribution in [3.05, 3.63) is 65.7 Å². The van der Waals surface area contributed by atoms with E-state index in [1.807, 2.05) is 41.3 Å². The van der Waals surface area contributed by atoms with E-state index < -0.39 is 5.97 Å². The maximum Gasteiger partial charge on any atom is 0.325 e. The molecule has 0 spiro atoms. The highest BCUT2D eigenvalue weighted by Crippen LogP contribution is 2.29. The van der Waals surface area contributed by atoms with Crippen LogP contribution in [0.4, 0.5) is 0 Å². The minimum atomic E-state index is -0.930. The van der Waals surface area contributed by atoms with Gasteiger partial charge in [0.05, 0.1) is 6.26 Å². The zero-order chi connectivity index (χ0) is 19.5. The van der Waals surface area contributed by atoms with Crippen LogP contribution in [-0.2, 0) is 16.1 Å². The molecule has 0 aliphatic carbocycles. The lowest BCUT2D eigenvalue weighted by Crippen LogP contribution is -2.40. The van der Waals surface area contributed by atoms with Gasteiger partial charge in [-0.25, -0.2) is 0 Å². The van der Waals surface area contributed by atoms with Gasteiger partial charge in [0.15, 0.2) is 0 Å². The molecule has 3 heterocycles. The van der Waals surface area contributed by atoms with Crippen LogP contribution in [0.2, 0.25) is 0 Å². The van der Waals surface area contributed by atoms with Gasteiger partial charge >= 0.3 is 5.97 Å². The number of para-hydroxylation sites is 1. The number of fused-ring (bicyclic) bond motifs is 1. The Morgan fingerprint density at radius 3 is 2.96 bits per heavy atom. The van der Waals surface area contributed by atoms with Gasteiger partial charge in [-0.05, 0) is 37.1 Å². The van der Waals surface area contributed by atoms with Crippen LogP contribution in [0, 0.1) is 0 Å². The number of amides is 1. The standard InChI is InChI=1S/C21H21N3O4/c25-20(26)14-24-18(7-9-22-24)17-5-3-10-23(13-17)21(27)16-8-11-28-19-6-2-1-4-15(19)12-16/h1-2,4,6-9,11-12,17H,3,5,10,13-14H2,(H,25,26)/t17-/m1/s1. The monoisotopic (exact) mass is 379 g/mol. The van der Waals surface area contributed by atoms with E-state index in [9.17, 15) is 9.59 Å². The van der Waals surface area contributed by atoms with E-state index >= 15 is 0 Å². The Balaban J connectivity index is 1.54. The number of carbonyl (C=O) groups excluding carboxylic acids is 1. The quantitative estimate of drug-likeness (QED) is 0.883.